The predicted molar refractivity (Wildman–Crippen MR) is 240 cm³/mol. The molecule has 2 saturated heterocycles. The maximum Gasteiger partial charge on any atom is 0.407 e. The Kier molecular flexibility index (Phi) is 10.9. The van der Waals surface area contributed by atoms with Gasteiger partial charge in [0.05, 0.1) is 55.8 Å². The highest BCUT2D eigenvalue weighted by atomic mass is 16.5. The number of aromatic amines is 2. The molecule has 16 nitrogen and oxygen atoms in total. The van der Waals surface area contributed by atoms with Crippen LogP contribution in [-0.2, 0) is 30.4 Å². The first kappa shape index (κ1) is 42.0. The monoisotopic (exact) mass is 880 g/mol. The molecule has 3 aliphatic heterocycles. The third-order valence-electron chi connectivity index (χ3n) is 13.6. The van der Waals surface area contributed by atoms with Crippen molar-refractivity contribution < 1.29 is 38.1 Å². The summed E-state index contributed by atoms with van der Waals surface area (Å²) in [7, 11) is 4.23. The van der Waals surface area contributed by atoms with E-state index in [1.807, 2.05) is 55.1 Å². The van der Waals surface area contributed by atoms with Crippen LogP contribution in [0.2, 0.25) is 0 Å². The van der Waals surface area contributed by atoms with Gasteiger partial charge in [-0.25, -0.2) is 19.6 Å². The van der Waals surface area contributed by atoms with Crippen LogP contribution < -0.4 is 15.4 Å². The quantitative estimate of drug-likeness (QED) is 0.102. The number of rotatable bonds is 11. The number of methoxy groups -OCH3 is 3. The molecule has 3 fully saturated rings. The SMILES string of the molecule is COC[C@H]1C[C@@H](c2ncc(-c3ccc4c(c3)COc3cc5c(ccc6[nH]c([C@@H]7C[C@H]8C[C@@H]8N7C(=O)[C@@H](NC(=O)OC)C(C)C)nc65)cc3-4)[nH]2)N(C(=O)[C@H](NC(=O)OC)c2ccccc2)C1. The predicted octanol–water partition coefficient (Wildman–Crippen LogP) is 7.34. The van der Waals surface area contributed by atoms with Crippen LogP contribution in [0.4, 0.5) is 9.59 Å². The summed E-state index contributed by atoms with van der Waals surface area (Å²) >= 11 is 0. The molecule has 0 bridgehead atoms. The van der Waals surface area contributed by atoms with Crippen molar-refractivity contribution in [1.82, 2.24) is 40.4 Å². The van der Waals surface area contributed by atoms with Crippen LogP contribution in [0.25, 0.3) is 44.2 Å². The summed E-state index contributed by atoms with van der Waals surface area (Å²) in [6, 6.07) is 21.6. The van der Waals surface area contributed by atoms with Gasteiger partial charge < -0.3 is 49.3 Å². The Balaban J connectivity index is 0.908. The highest BCUT2D eigenvalue weighted by molar-refractivity contribution is 6.07. The van der Waals surface area contributed by atoms with Crippen LogP contribution in [0.15, 0.2) is 79.0 Å². The number of nitrogens with one attached hydrogen (secondary N) is 4. The first-order chi connectivity index (χ1) is 31.5. The Labute approximate surface area is 375 Å². The van der Waals surface area contributed by atoms with Crippen molar-refractivity contribution in [2.45, 2.75) is 69.9 Å². The van der Waals surface area contributed by atoms with Crippen LogP contribution in [-0.4, -0.2) is 100 Å². The van der Waals surface area contributed by atoms with Crippen molar-refractivity contribution in [3.8, 4) is 28.1 Å². The van der Waals surface area contributed by atoms with Crippen LogP contribution >= 0.6 is 0 Å². The molecule has 336 valence electrons. The second-order valence-electron chi connectivity index (χ2n) is 18.0. The largest absolute Gasteiger partial charge is 0.488 e. The minimum absolute atomic E-state index is 0.0694. The number of benzene rings is 4. The Morgan fingerprint density at radius 2 is 1.65 bits per heavy atom. The number of aromatic nitrogens is 4. The van der Waals surface area contributed by atoms with E-state index >= 15 is 0 Å². The van der Waals surface area contributed by atoms with E-state index in [0.717, 1.165) is 74.2 Å². The molecule has 6 aromatic rings. The van der Waals surface area contributed by atoms with Gasteiger partial charge in [-0.3, -0.25) is 9.59 Å². The van der Waals surface area contributed by atoms with E-state index in [1.165, 1.54) is 14.2 Å². The number of H-pyrrole nitrogens is 2. The normalized spacial score (nSPS) is 21.6. The van der Waals surface area contributed by atoms with Gasteiger partial charge in [-0.15, -0.1) is 0 Å². The molecule has 16 heteroatoms. The zero-order chi connectivity index (χ0) is 45.1. The highest BCUT2D eigenvalue weighted by Gasteiger charge is 2.56. The van der Waals surface area contributed by atoms with Crippen LogP contribution in [0.1, 0.15) is 74.0 Å². The van der Waals surface area contributed by atoms with Gasteiger partial charge in [-0.2, -0.15) is 0 Å². The minimum Gasteiger partial charge on any atom is -0.488 e. The van der Waals surface area contributed by atoms with Crippen molar-refractivity contribution in [2.24, 2.45) is 17.8 Å². The lowest BCUT2D eigenvalue weighted by Crippen LogP contribution is -2.52. The van der Waals surface area contributed by atoms with E-state index in [1.54, 1.807) is 18.2 Å². The number of fused-ring (bicyclic) bond motifs is 7. The van der Waals surface area contributed by atoms with Gasteiger partial charge in [-0.05, 0) is 83.0 Å². The number of hydrogen-bond acceptors (Lipinski definition) is 10. The molecule has 7 atom stereocenters. The van der Waals surface area contributed by atoms with Gasteiger partial charge in [0.2, 0.25) is 5.91 Å². The third-order valence-corrected chi connectivity index (χ3v) is 13.6. The summed E-state index contributed by atoms with van der Waals surface area (Å²) in [5, 5.41) is 7.45. The summed E-state index contributed by atoms with van der Waals surface area (Å²) in [4.78, 5) is 73.7. The number of nitrogens with zero attached hydrogens (tertiary/aromatic N) is 4. The molecule has 10 rings (SSSR count). The van der Waals surface area contributed by atoms with Crippen molar-refractivity contribution in [1.29, 1.82) is 0 Å². The third kappa shape index (κ3) is 7.68. The number of hydrogen-bond donors (Lipinski definition) is 4. The number of imidazole rings is 2. The Morgan fingerprint density at radius 3 is 2.42 bits per heavy atom. The summed E-state index contributed by atoms with van der Waals surface area (Å²) in [5.41, 5.74) is 7.14. The zero-order valence-corrected chi connectivity index (χ0v) is 36.9. The summed E-state index contributed by atoms with van der Waals surface area (Å²) in [6.45, 7) is 5.12. The zero-order valence-electron chi connectivity index (χ0n) is 36.9. The first-order valence-electron chi connectivity index (χ1n) is 22.2. The first-order valence-corrected chi connectivity index (χ1v) is 22.2. The Hall–Kier alpha value is -6.94. The molecule has 2 aromatic heterocycles. The molecular formula is C49H52N8O8. The van der Waals surface area contributed by atoms with Crippen LogP contribution in [0, 0.1) is 17.8 Å². The molecule has 5 heterocycles. The fraction of sp³-hybridized carbons (Fsp3) is 0.388. The maximum atomic E-state index is 14.3. The molecule has 4 amide bonds. The average molecular weight is 881 g/mol. The lowest BCUT2D eigenvalue weighted by Gasteiger charge is -2.31. The number of ether oxygens (including phenoxy) is 4. The lowest BCUT2D eigenvalue weighted by molar-refractivity contribution is -0.137. The summed E-state index contributed by atoms with van der Waals surface area (Å²) in [5.74, 6) is 2.13. The highest BCUT2D eigenvalue weighted by Crippen LogP contribution is 2.54. The number of likely N-dealkylation sites (tertiary alicyclic amines) is 2. The van der Waals surface area contributed by atoms with Gasteiger partial charge in [0.15, 0.2) is 0 Å². The number of amides is 4. The van der Waals surface area contributed by atoms with Gasteiger partial charge >= 0.3 is 12.2 Å². The van der Waals surface area contributed by atoms with Crippen molar-refractivity contribution in [2.75, 3.05) is 34.5 Å². The fourth-order valence-corrected chi connectivity index (χ4v) is 10.2. The summed E-state index contributed by atoms with van der Waals surface area (Å²) in [6.07, 6.45) is 2.88. The molecule has 65 heavy (non-hydrogen) atoms. The van der Waals surface area contributed by atoms with Gasteiger partial charge in [-0.1, -0.05) is 62.4 Å². The molecule has 0 spiro atoms. The number of carbonyl (C=O) groups excluding carboxylic acids is 4. The number of piperidine rings is 1. The van der Waals surface area contributed by atoms with Crippen molar-refractivity contribution in [3.05, 3.63) is 102 Å². The van der Waals surface area contributed by atoms with E-state index in [0.29, 0.717) is 43.5 Å². The molecule has 4 aromatic carbocycles. The molecule has 1 aliphatic carbocycles. The maximum absolute atomic E-state index is 14.3. The number of alkyl carbamates (subject to hydrolysis) is 2. The summed E-state index contributed by atoms with van der Waals surface area (Å²) < 4.78 is 21.7. The standard InChI is InChI=1S/C49H52N8O8/c1-25(2)41(54-48(60)63-4)47(59)57-37-18-30(37)19-39(57)45-51-35-14-12-28-17-34-32-13-11-29(16-31(32)24-65-40(34)20-33(28)43(35)53-45)36-21-50-44(52-36)38-15-26(23-62-3)22-56(38)46(58)42(55-49(61)64-5)27-9-7-6-8-10-27/h6-14,16-17,20-21,25-26,30,37-39,41-42H,15,18-19,22-24H2,1-5H3,(H,50,52)(H,51,53)(H,54,60)(H,55,61)/t26-,30+,37-,38-,39-,41-,42+/m0/s1. The van der Waals surface area contributed by atoms with Crippen LogP contribution in [0.3, 0.4) is 0 Å². The average Bonchev–Trinajstić information content (AvgIpc) is 3.79. The Morgan fingerprint density at radius 1 is 0.846 bits per heavy atom. The fourth-order valence-electron chi connectivity index (χ4n) is 10.2. The van der Waals surface area contributed by atoms with E-state index in [9.17, 15) is 19.2 Å². The van der Waals surface area contributed by atoms with E-state index in [2.05, 4.69) is 57.0 Å². The topological polar surface area (TPSA) is 193 Å². The van der Waals surface area contributed by atoms with Gasteiger partial charge in [0.1, 0.15) is 36.1 Å². The van der Waals surface area contributed by atoms with E-state index < -0.39 is 24.3 Å². The second kappa shape index (κ2) is 16.9. The van der Waals surface area contributed by atoms with E-state index in [4.69, 9.17) is 28.9 Å². The van der Waals surface area contributed by atoms with Crippen molar-refractivity contribution in [3.63, 3.8) is 0 Å². The van der Waals surface area contributed by atoms with Gasteiger partial charge in [0.25, 0.3) is 5.91 Å². The number of carbonyl (C=O) groups is 4. The molecule has 4 N–H and O–H groups in total. The molecular weight excluding hydrogens is 829 g/mol. The Bertz CT molecular complexity index is 2820. The van der Waals surface area contributed by atoms with Gasteiger partial charge in [0, 0.05) is 36.6 Å². The molecule has 0 radical (unpaired) electrons. The van der Waals surface area contributed by atoms with Crippen LogP contribution in [0.5, 0.6) is 5.75 Å². The van der Waals surface area contributed by atoms with E-state index in [-0.39, 0.29) is 41.8 Å². The smallest absolute Gasteiger partial charge is 0.407 e. The minimum atomic E-state index is -0.947. The molecule has 4 aliphatic rings. The second-order valence-corrected chi connectivity index (χ2v) is 18.0. The molecule has 1 saturated carbocycles. The molecule has 0 unspecified atom stereocenters. The van der Waals surface area contributed by atoms with Crippen molar-refractivity contribution >= 4 is 45.8 Å². The lowest BCUT2D eigenvalue weighted by atomic mass is 9.92.